The SMILES string of the molecule is O=C(NO)C(c1ccccc1)c1ccc(N2CCC(Cc3ccccc3)CC2)cc1. The molecule has 154 valence electrons. The summed E-state index contributed by atoms with van der Waals surface area (Å²) in [6.07, 6.45) is 3.54. The van der Waals surface area contributed by atoms with Gasteiger partial charge in [-0.3, -0.25) is 10.0 Å². The van der Waals surface area contributed by atoms with Crippen molar-refractivity contribution in [1.29, 1.82) is 0 Å². The number of amides is 1. The molecule has 4 rings (SSSR count). The van der Waals surface area contributed by atoms with Gasteiger partial charge in [0.05, 0.1) is 5.92 Å². The van der Waals surface area contributed by atoms with Gasteiger partial charge in [0.25, 0.3) is 5.91 Å². The predicted octanol–water partition coefficient (Wildman–Crippen LogP) is 4.78. The molecule has 0 radical (unpaired) electrons. The molecule has 0 aromatic heterocycles. The van der Waals surface area contributed by atoms with Gasteiger partial charge in [-0.05, 0) is 54.0 Å². The van der Waals surface area contributed by atoms with Crippen molar-refractivity contribution in [2.45, 2.75) is 25.2 Å². The molecule has 2 N–H and O–H groups in total. The molecule has 1 heterocycles. The van der Waals surface area contributed by atoms with E-state index in [1.54, 1.807) is 0 Å². The van der Waals surface area contributed by atoms with Crippen LogP contribution in [0.4, 0.5) is 5.69 Å². The minimum Gasteiger partial charge on any atom is -0.372 e. The second-order valence-electron chi connectivity index (χ2n) is 8.03. The van der Waals surface area contributed by atoms with E-state index in [2.05, 4.69) is 47.4 Å². The van der Waals surface area contributed by atoms with Gasteiger partial charge in [-0.15, -0.1) is 0 Å². The third-order valence-corrected chi connectivity index (χ3v) is 6.08. The van der Waals surface area contributed by atoms with Gasteiger partial charge in [-0.2, -0.15) is 0 Å². The highest BCUT2D eigenvalue weighted by molar-refractivity contribution is 5.86. The number of hydroxylamine groups is 1. The quantitative estimate of drug-likeness (QED) is 0.462. The lowest BCUT2D eigenvalue weighted by atomic mass is 9.89. The molecule has 1 aliphatic heterocycles. The minimum atomic E-state index is -0.526. The molecule has 1 amide bonds. The van der Waals surface area contributed by atoms with E-state index in [0.717, 1.165) is 36.6 Å². The Bertz CT molecular complexity index is 934. The molecule has 4 heteroatoms. The molecule has 1 unspecified atom stereocenters. The van der Waals surface area contributed by atoms with Gasteiger partial charge in [0.1, 0.15) is 0 Å². The van der Waals surface area contributed by atoms with E-state index >= 15 is 0 Å². The van der Waals surface area contributed by atoms with E-state index in [0.29, 0.717) is 0 Å². The first-order valence-corrected chi connectivity index (χ1v) is 10.6. The van der Waals surface area contributed by atoms with Crippen LogP contribution < -0.4 is 10.4 Å². The zero-order valence-corrected chi connectivity index (χ0v) is 17.1. The van der Waals surface area contributed by atoms with Crippen LogP contribution in [-0.4, -0.2) is 24.2 Å². The maximum Gasteiger partial charge on any atom is 0.255 e. The Hall–Kier alpha value is -3.11. The molecule has 30 heavy (non-hydrogen) atoms. The van der Waals surface area contributed by atoms with Crippen molar-refractivity contribution >= 4 is 11.6 Å². The summed E-state index contributed by atoms with van der Waals surface area (Å²) in [7, 11) is 0. The van der Waals surface area contributed by atoms with Crippen LogP contribution in [0.15, 0.2) is 84.9 Å². The Balaban J connectivity index is 1.41. The van der Waals surface area contributed by atoms with Gasteiger partial charge in [0.15, 0.2) is 0 Å². The molecule has 1 fully saturated rings. The van der Waals surface area contributed by atoms with Crippen LogP contribution >= 0.6 is 0 Å². The second-order valence-corrected chi connectivity index (χ2v) is 8.03. The van der Waals surface area contributed by atoms with Crippen molar-refractivity contribution in [3.05, 3.63) is 102 Å². The maximum absolute atomic E-state index is 12.3. The highest BCUT2D eigenvalue weighted by atomic mass is 16.5. The zero-order valence-electron chi connectivity index (χ0n) is 17.1. The number of anilines is 1. The summed E-state index contributed by atoms with van der Waals surface area (Å²) in [6, 6.07) is 28.5. The van der Waals surface area contributed by atoms with Gasteiger partial charge in [-0.1, -0.05) is 72.8 Å². The van der Waals surface area contributed by atoms with Crippen molar-refractivity contribution in [2.24, 2.45) is 5.92 Å². The summed E-state index contributed by atoms with van der Waals surface area (Å²) < 4.78 is 0. The molecular weight excluding hydrogens is 372 g/mol. The Morgan fingerprint density at radius 3 is 2.03 bits per heavy atom. The molecule has 0 spiro atoms. The molecular formula is C26H28N2O2. The number of carbonyl (C=O) groups is 1. The number of piperidine rings is 1. The second kappa shape index (κ2) is 9.59. The number of nitrogens with one attached hydrogen (secondary N) is 1. The summed E-state index contributed by atoms with van der Waals surface area (Å²) in [5, 5.41) is 9.21. The smallest absolute Gasteiger partial charge is 0.255 e. The first-order valence-electron chi connectivity index (χ1n) is 10.6. The van der Waals surface area contributed by atoms with Gasteiger partial charge in [0, 0.05) is 18.8 Å². The minimum absolute atomic E-state index is 0.421. The number of hydrogen-bond acceptors (Lipinski definition) is 3. The van der Waals surface area contributed by atoms with Gasteiger partial charge in [0.2, 0.25) is 0 Å². The lowest BCUT2D eigenvalue weighted by Crippen LogP contribution is -2.34. The third kappa shape index (κ3) is 4.71. The topological polar surface area (TPSA) is 52.6 Å². The number of rotatable bonds is 6. The van der Waals surface area contributed by atoms with Crippen LogP contribution in [0.2, 0.25) is 0 Å². The average molecular weight is 401 g/mol. The van der Waals surface area contributed by atoms with E-state index in [1.807, 2.05) is 47.9 Å². The molecule has 3 aromatic rings. The normalized spacial score (nSPS) is 15.6. The molecule has 0 saturated carbocycles. The standard InChI is InChI=1S/C26H28N2O2/c29-26(27-30)25(22-9-5-2-6-10-22)23-11-13-24(14-12-23)28-17-15-21(16-18-28)19-20-7-3-1-4-8-20/h1-14,21,25,30H,15-19H2,(H,27,29). The zero-order chi connectivity index (χ0) is 20.8. The Morgan fingerprint density at radius 1 is 0.867 bits per heavy atom. The van der Waals surface area contributed by atoms with Crippen molar-refractivity contribution in [1.82, 2.24) is 5.48 Å². The van der Waals surface area contributed by atoms with Gasteiger partial charge in [-0.25, -0.2) is 5.48 Å². The molecule has 4 nitrogen and oxygen atoms in total. The van der Waals surface area contributed by atoms with E-state index in [9.17, 15) is 10.0 Å². The lowest BCUT2D eigenvalue weighted by Gasteiger charge is -2.34. The fourth-order valence-electron chi connectivity index (χ4n) is 4.43. The van der Waals surface area contributed by atoms with E-state index in [1.165, 1.54) is 24.1 Å². The van der Waals surface area contributed by atoms with Crippen LogP contribution in [0, 0.1) is 5.92 Å². The summed E-state index contributed by atoms with van der Waals surface area (Å²) in [5.41, 5.74) is 6.16. The third-order valence-electron chi connectivity index (χ3n) is 6.08. The van der Waals surface area contributed by atoms with Crippen molar-refractivity contribution < 1.29 is 10.0 Å². The Morgan fingerprint density at radius 2 is 1.43 bits per heavy atom. The monoisotopic (exact) mass is 400 g/mol. The van der Waals surface area contributed by atoms with E-state index in [-0.39, 0.29) is 0 Å². The molecule has 3 aromatic carbocycles. The summed E-state index contributed by atoms with van der Waals surface area (Å²) in [5.74, 6) is -0.212. The highest BCUT2D eigenvalue weighted by Gasteiger charge is 2.23. The van der Waals surface area contributed by atoms with Crippen LogP contribution in [0.25, 0.3) is 0 Å². The number of carbonyl (C=O) groups excluding carboxylic acids is 1. The van der Waals surface area contributed by atoms with Crippen LogP contribution in [0.5, 0.6) is 0 Å². The number of nitrogens with zero attached hydrogens (tertiary/aromatic N) is 1. The van der Waals surface area contributed by atoms with Crippen LogP contribution in [0.3, 0.4) is 0 Å². The number of hydrogen-bond donors (Lipinski definition) is 2. The Kier molecular flexibility index (Phi) is 6.45. The van der Waals surface area contributed by atoms with Gasteiger partial charge < -0.3 is 4.90 Å². The predicted molar refractivity (Wildman–Crippen MR) is 120 cm³/mol. The highest BCUT2D eigenvalue weighted by Crippen LogP contribution is 2.29. The average Bonchev–Trinajstić information content (AvgIpc) is 2.81. The molecule has 0 bridgehead atoms. The fourth-order valence-corrected chi connectivity index (χ4v) is 4.43. The molecule has 1 saturated heterocycles. The fraction of sp³-hybridized carbons (Fsp3) is 0.269. The summed E-state index contributed by atoms with van der Waals surface area (Å²) >= 11 is 0. The number of benzene rings is 3. The lowest BCUT2D eigenvalue weighted by molar-refractivity contribution is -0.129. The Labute approximate surface area is 178 Å². The first kappa shape index (κ1) is 20.2. The van der Waals surface area contributed by atoms with Crippen molar-refractivity contribution in [3.63, 3.8) is 0 Å². The molecule has 1 atom stereocenters. The molecule has 0 aliphatic carbocycles. The summed E-state index contributed by atoms with van der Waals surface area (Å²) in [6.45, 7) is 2.10. The van der Waals surface area contributed by atoms with Gasteiger partial charge >= 0.3 is 0 Å². The van der Waals surface area contributed by atoms with E-state index in [4.69, 9.17) is 0 Å². The van der Waals surface area contributed by atoms with Crippen molar-refractivity contribution in [3.8, 4) is 0 Å². The molecule has 1 aliphatic rings. The van der Waals surface area contributed by atoms with Crippen LogP contribution in [-0.2, 0) is 11.2 Å². The van der Waals surface area contributed by atoms with E-state index < -0.39 is 11.8 Å². The maximum atomic E-state index is 12.3. The largest absolute Gasteiger partial charge is 0.372 e. The van der Waals surface area contributed by atoms with Crippen molar-refractivity contribution in [2.75, 3.05) is 18.0 Å². The first-order chi connectivity index (χ1) is 14.7. The summed E-state index contributed by atoms with van der Waals surface area (Å²) in [4.78, 5) is 14.7. The van der Waals surface area contributed by atoms with Crippen LogP contribution in [0.1, 0.15) is 35.4 Å².